The van der Waals surface area contributed by atoms with Crippen LogP contribution in [0.4, 0.5) is 0 Å². The fourth-order valence-electron chi connectivity index (χ4n) is 10.4. The van der Waals surface area contributed by atoms with E-state index in [9.17, 15) is 16.4 Å². The molecule has 0 aliphatic carbocycles. The van der Waals surface area contributed by atoms with Gasteiger partial charge in [0.05, 0.1) is 73.2 Å². The molecule has 0 amide bonds. The summed E-state index contributed by atoms with van der Waals surface area (Å²) in [4.78, 5) is 4.82. The van der Waals surface area contributed by atoms with Crippen LogP contribution in [0.3, 0.4) is 0 Å². The number of hydrogen-bond acceptors (Lipinski definition) is 2. The summed E-state index contributed by atoms with van der Waals surface area (Å²) >= 11 is 0. The van der Waals surface area contributed by atoms with Crippen LogP contribution in [0.5, 0.6) is 11.5 Å². The normalized spacial score (nSPS) is 16.8. The average molecular weight is 1100 g/mol. The molecular formula is C76H58N4OSi. The lowest BCUT2D eigenvalue weighted by Gasteiger charge is -2.34. The fraction of sp³-hybridized carbons (Fsp3) is 0.0526. The van der Waals surface area contributed by atoms with Crippen LogP contribution in [-0.4, -0.2) is 22.2 Å². The number of ether oxygens (including phenoxy) is 1. The Hall–Kier alpha value is -10.1. The van der Waals surface area contributed by atoms with Crippen LogP contribution in [0, 0.1) is 6.33 Å². The average Bonchev–Trinajstić information content (AvgIpc) is 1.22. The predicted molar refractivity (Wildman–Crippen MR) is 341 cm³/mol. The van der Waals surface area contributed by atoms with Gasteiger partial charge in [0, 0.05) is 23.0 Å². The summed E-state index contributed by atoms with van der Waals surface area (Å²) in [6.07, 6.45) is 5.06. The zero-order chi connectivity index (χ0) is 80.4. The van der Waals surface area contributed by atoms with E-state index in [0.29, 0.717) is 11.6 Å². The highest BCUT2D eigenvalue weighted by Crippen LogP contribution is 2.38. The summed E-state index contributed by atoms with van der Waals surface area (Å²) in [6.45, 7) is 6.30. The monoisotopic (exact) mass is 1100 g/mol. The minimum Gasteiger partial charge on any atom is -0.458 e. The van der Waals surface area contributed by atoms with Crippen molar-refractivity contribution in [2.45, 2.75) is 26.2 Å². The summed E-state index contributed by atoms with van der Waals surface area (Å²) in [5, 5.41) is -2.64. The van der Waals surface area contributed by atoms with E-state index >= 15 is 0 Å². The Kier molecular flexibility index (Phi) is 7.07. The van der Waals surface area contributed by atoms with Gasteiger partial charge in [-0.2, -0.15) is 0 Å². The molecule has 0 spiro atoms. The first-order chi connectivity index (χ1) is 52.3. The zero-order valence-electron chi connectivity index (χ0n) is 72.7. The molecule has 0 unspecified atom stereocenters. The van der Waals surface area contributed by atoms with Crippen molar-refractivity contribution in [1.82, 2.24) is 14.1 Å². The number of benzene rings is 11. The third-order valence-corrected chi connectivity index (χ3v) is 18.2. The summed E-state index contributed by atoms with van der Waals surface area (Å²) < 4.78 is 283. The molecule has 0 saturated heterocycles. The Bertz CT molecular complexity index is 6140. The van der Waals surface area contributed by atoms with Gasteiger partial charge in [0.2, 0.25) is 0 Å². The molecule has 3 aromatic heterocycles. The highest BCUT2D eigenvalue weighted by atomic mass is 28.3. The molecule has 14 rings (SSSR count). The third kappa shape index (κ3) is 8.90. The van der Waals surface area contributed by atoms with Crippen molar-refractivity contribution in [3.63, 3.8) is 0 Å². The fourth-order valence-corrected chi connectivity index (χ4v) is 14.0. The molecule has 0 bridgehead atoms. The maximum Gasteiger partial charge on any atom is 0.269 e. The Balaban J connectivity index is 1.12. The van der Waals surface area contributed by atoms with Crippen molar-refractivity contribution < 1.29 is 49.1 Å². The summed E-state index contributed by atoms with van der Waals surface area (Å²) in [7, 11) is -6.48. The topological polar surface area (TPSA) is 35.9 Å². The Morgan fingerprint density at radius 3 is 1.74 bits per heavy atom. The van der Waals surface area contributed by atoms with E-state index in [2.05, 4.69) is 27.1 Å². The maximum absolute atomic E-state index is 10.9. The molecule has 5 nitrogen and oxygen atoms in total. The van der Waals surface area contributed by atoms with Gasteiger partial charge in [-0.1, -0.05) is 251 Å². The third-order valence-electron chi connectivity index (χ3n) is 14.2. The Morgan fingerprint density at radius 1 is 0.476 bits per heavy atom. The number of fused-ring (bicyclic) bond motifs is 4. The van der Waals surface area contributed by atoms with Gasteiger partial charge in [-0.3, -0.25) is 13.7 Å². The molecule has 11 aromatic carbocycles. The number of nitrogens with zero attached hydrogens (tertiary/aromatic N) is 4. The van der Waals surface area contributed by atoms with Gasteiger partial charge in [0.15, 0.2) is 8.07 Å². The van der Waals surface area contributed by atoms with E-state index in [0.717, 1.165) is 27.4 Å². The number of para-hydroxylation sites is 2. The molecule has 0 N–H and O–H groups in total. The van der Waals surface area contributed by atoms with E-state index in [-0.39, 0.29) is 50.3 Å². The van der Waals surface area contributed by atoms with Crippen molar-refractivity contribution in [3.05, 3.63) is 309 Å². The number of rotatable bonds is 12. The largest absolute Gasteiger partial charge is 0.458 e. The van der Waals surface area contributed by atoms with Crippen LogP contribution < -0.4 is 30.1 Å². The first-order valence-electron chi connectivity index (χ1n) is 40.2. The van der Waals surface area contributed by atoms with E-state index in [1.165, 1.54) is 45.5 Å². The number of imidazole rings is 1. The number of pyridine rings is 1. The van der Waals surface area contributed by atoms with Crippen LogP contribution in [-0.2, 0) is 5.41 Å². The second-order valence-electron chi connectivity index (χ2n) is 20.0. The highest BCUT2D eigenvalue weighted by molar-refractivity contribution is 7.19. The SMILES string of the molecule is [2H]c1c([2H])c([2H])c(-c2ccc3c(c2)n(-c2cccc(Oc4ccc5c6ccccc6n(-c6cc(C(C)(C)C)ccn6)c5c4)c2)[c-][n+]3-c2c(-c3c([2H])c([2H])c([2H])c([2H])c3[2H])cccc2-c2c([2H])c([2H])c([2H])c([Si](c3c([2H])c([2H])c([2H])c([2H])c3[2H])(c3c([2H])c([2H])c([2H])c([2H])c3[2H])c3c([2H])c([2H])c([2H])c([2H])c3[2H])c2[2H])c([2H])c1[2H]. The molecule has 392 valence electrons. The molecule has 0 aliphatic heterocycles. The van der Waals surface area contributed by atoms with Gasteiger partial charge < -0.3 is 4.74 Å². The van der Waals surface area contributed by atoms with Gasteiger partial charge in [-0.25, -0.2) is 4.98 Å². The van der Waals surface area contributed by atoms with Crippen molar-refractivity contribution in [3.8, 4) is 62.1 Å². The second kappa shape index (κ2) is 20.8. The van der Waals surface area contributed by atoms with Gasteiger partial charge in [0.25, 0.3) is 6.33 Å². The van der Waals surface area contributed by atoms with Crippen LogP contribution in [0.2, 0.25) is 0 Å². The molecule has 6 heteroatoms. The molecule has 0 atom stereocenters. The van der Waals surface area contributed by atoms with Crippen molar-refractivity contribution in [2.75, 3.05) is 0 Å². The van der Waals surface area contributed by atoms with Crippen LogP contribution in [0.25, 0.3) is 83.4 Å². The quantitative estimate of drug-likeness (QED) is 0.0529. The molecular weight excluding hydrogens is 1010 g/mol. The lowest BCUT2D eigenvalue weighted by atomic mass is 9.88. The van der Waals surface area contributed by atoms with E-state index in [4.69, 9.17) is 33.0 Å². The molecule has 0 fully saturated rings. The first kappa shape index (κ1) is 27.8. The molecule has 3 heterocycles. The smallest absolute Gasteiger partial charge is 0.269 e. The van der Waals surface area contributed by atoms with E-state index in [1.54, 1.807) is 36.5 Å². The standard InChI is InChI=1S/C76H58N4OSi/c1-76(2,3)58-46-47-77-74(50-58)80-70-41-20-19-38-68(70)69-44-43-61(52-72(69)80)81-60-30-22-29-59(51-60)78-53-79(71-45-42-56(49-73(71)78)54-24-9-4-10-25-54)75-66(55-26-11-5-12-27-55)39-23-40-67(75)57-28-21-37-65(48-57)82(62-31-13-6-14-32-62,63-33-15-7-16-34-63)64-35-17-8-18-36-64/h4-52H,1-3H3/i4D,5D,6D,7D,8D,9D,10D,11D,12D,13D,14D,15D,16D,17D,18D,21D,24D,25D,26D,27D,28D,31D,32D,33D,34D,35D,36D,37D,48D. The molecule has 14 aromatic rings. The maximum atomic E-state index is 10.9. The van der Waals surface area contributed by atoms with Gasteiger partial charge in [0.1, 0.15) is 17.3 Å². The van der Waals surface area contributed by atoms with Crippen LogP contribution in [0.1, 0.15) is 66.1 Å². The molecule has 0 aliphatic rings. The number of aromatic nitrogens is 4. The number of hydrogen-bond donors (Lipinski definition) is 0. The van der Waals surface area contributed by atoms with Crippen molar-refractivity contribution in [2.24, 2.45) is 0 Å². The van der Waals surface area contributed by atoms with E-state index in [1.807, 2.05) is 53.1 Å². The first-order valence-corrected chi connectivity index (χ1v) is 27.7. The molecule has 0 radical (unpaired) electrons. The van der Waals surface area contributed by atoms with Crippen LogP contribution >= 0.6 is 0 Å². The lowest BCUT2D eigenvalue weighted by Crippen LogP contribution is -2.74. The second-order valence-corrected chi connectivity index (χ2v) is 23.5. The minimum atomic E-state index is -6.48. The lowest BCUT2D eigenvalue weighted by molar-refractivity contribution is -0.571. The van der Waals surface area contributed by atoms with E-state index < -0.39 is 221 Å². The van der Waals surface area contributed by atoms with Gasteiger partial charge in [-0.15, -0.1) is 0 Å². The Labute approximate surface area is 520 Å². The van der Waals surface area contributed by atoms with Crippen molar-refractivity contribution in [1.29, 1.82) is 0 Å². The van der Waals surface area contributed by atoms with Gasteiger partial charge >= 0.3 is 0 Å². The van der Waals surface area contributed by atoms with Crippen molar-refractivity contribution >= 4 is 61.7 Å². The summed E-state index contributed by atoms with van der Waals surface area (Å²) in [6, 6.07) is 1.99. The predicted octanol–water partition coefficient (Wildman–Crippen LogP) is 15.7. The summed E-state index contributed by atoms with van der Waals surface area (Å²) in [5.41, 5.74) is -0.0920. The van der Waals surface area contributed by atoms with Gasteiger partial charge in [-0.05, 0) is 120 Å². The molecule has 82 heavy (non-hydrogen) atoms. The minimum absolute atomic E-state index is 0.00327. The highest BCUT2D eigenvalue weighted by Gasteiger charge is 2.41. The van der Waals surface area contributed by atoms with Crippen LogP contribution in [0.15, 0.2) is 297 Å². The zero-order valence-corrected chi connectivity index (χ0v) is 44.7. The summed E-state index contributed by atoms with van der Waals surface area (Å²) in [5.74, 6) is 1.21. The Morgan fingerprint density at radius 2 is 1.06 bits per heavy atom. The molecule has 0 saturated carbocycles.